The third kappa shape index (κ3) is 4.36. The lowest BCUT2D eigenvalue weighted by Gasteiger charge is -2.26. The van der Waals surface area contributed by atoms with Gasteiger partial charge >= 0.3 is 6.09 Å². The summed E-state index contributed by atoms with van der Waals surface area (Å²) in [5.74, 6) is 0.881. The largest absolute Gasteiger partial charge is 0.497 e. The van der Waals surface area contributed by atoms with E-state index in [4.69, 9.17) is 9.47 Å². The Morgan fingerprint density at radius 3 is 2.50 bits per heavy atom. The van der Waals surface area contributed by atoms with Gasteiger partial charge in [-0.15, -0.1) is 0 Å². The number of benzene rings is 2. The quantitative estimate of drug-likeness (QED) is 0.354. The number of ether oxygens (including phenoxy) is 2. The summed E-state index contributed by atoms with van der Waals surface area (Å²) < 4.78 is 13.3. The van der Waals surface area contributed by atoms with E-state index in [9.17, 15) is 9.59 Å². The Kier molecular flexibility index (Phi) is 6.14. The summed E-state index contributed by atoms with van der Waals surface area (Å²) in [6, 6.07) is 13.4. The number of nitrogens with one attached hydrogen (secondary N) is 1. The number of rotatable bonds is 4. The molecule has 0 unspecified atom stereocenters. The number of nitrogens with zero attached hydrogens (tertiary/aromatic N) is 4. The highest BCUT2D eigenvalue weighted by atomic mass is 16.6. The van der Waals surface area contributed by atoms with Gasteiger partial charge in [0.25, 0.3) is 0 Å². The molecular formula is C29H29N5O4. The fraction of sp³-hybridized carbons (Fsp3) is 0.241. The molecule has 0 saturated carbocycles. The molecule has 0 spiro atoms. The van der Waals surface area contributed by atoms with Crippen molar-refractivity contribution in [1.29, 1.82) is 0 Å². The maximum atomic E-state index is 13.5. The van der Waals surface area contributed by atoms with E-state index >= 15 is 0 Å². The van der Waals surface area contributed by atoms with Crippen molar-refractivity contribution in [3.63, 3.8) is 0 Å². The van der Waals surface area contributed by atoms with Gasteiger partial charge in [-0.05, 0) is 67.8 Å². The second kappa shape index (κ2) is 9.33. The van der Waals surface area contributed by atoms with Crippen LogP contribution in [0.3, 0.4) is 0 Å². The van der Waals surface area contributed by atoms with Gasteiger partial charge in [-0.1, -0.05) is 24.8 Å². The number of anilines is 2. The predicted molar refractivity (Wildman–Crippen MR) is 147 cm³/mol. The SMILES string of the molecule is C=CC(=O)Nc1ccc(-c2c3c4c(ncnc4n2C)N(C(=O)OC(C)(C)C)Cc2cc(OC)ccc2-3)cc1. The first-order valence-corrected chi connectivity index (χ1v) is 12.2. The van der Waals surface area contributed by atoms with E-state index in [1.54, 1.807) is 12.0 Å². The molecule has 0 bridgehead atoms. The molecule has 1 N–H and O–H groups in total. The van der Waals surface area contributed by atoms with Gasteiger partial charge in [0, 0.05) is 18.3 Å². The molecule has 0 aliphatic carbocycles. The monoisotopic (exact) mass is 511 g/mol. The minimum atomic E-state index is -0.680. The van der Waals surface area contributed by atoms with Crippen LogP contribution in [0.15, 0.2) is 61.4 Å². The molecule has 38 heavy (non-hydrogen) atoms. The summed E-state index contributed by atoms with van der Waals surface area (Å²) in [4.78, 5) is 35.9. The normalized spacial score (nSPS) is 12.5. The molecule has 9 nitrogen and oxygen atoms in total. The maximum Gasteiger partial charge on any atom is 0.416 e. The van der Waals surface area contributed by atoms with Crippen LogP contribution in [0, 0.1) is 0 Å². The van der Waals surface area contributed by atoms with E-state index < -0.39 is 11.7 Å². The molecule has 4 aromatic rings. The molecule has 9 heteroatoms. The first-order chi connectivity index (χ1) is 18.1. The Morgan fingerprint density at radius 2 is 1.84 bits per heavy atom. The van der Waals surface area contributed by atoms with E-state index in [0.717, 1.165) is 33.3 Å². The molecule has 5 rings (SSSR count). The Balaban J connectivity index is 1.77. The number of amides is 2. The number of fused-ring (bicyclic) bond motifs is 2. The molecule has 1 aliphatic heterocycles. The van der Waals surface area contributed by atoms with Gasteiger partial charge in [-0.3, -0.25) is 9.69 Å². The Hall–Kier alpha value is -4.66. The number of hydrogen-bond acceptors (Lipinski definition) is 6. The maximum absolute atomic E-state index is 13.5. The van der Waals surface area contributed by atoms with Crippen molar-refractivity contribution in [2.75, 3.05) is 17.3 Å². The van der Waals surface area contributed by atoms with E-state index in [2.05, 4.69) is 21.9 Å². The third-order valence-corrected chi connectivity index (χ3v) is 6.34. The zero-order valence-electron chi connectivity index (χ0n) is 22.0. The molecule has 3 heterocycles. The summed E-state index contributed by atoms with van der Waals surface area (Å²) in [6.45, 7) is 9.26. The first-order valence-electron chi connectivity index (χ1n) is 12.2. The number of carbonyl (C=O) groups excluding carboxylic acids is 2. The number of methoxy groups -OCH3 is 1. The Morgan fingerprint density at radius 1 is 1.11 bits per heavy atom. The van der Waals surface area contributed by atoms with Crippen LogP contribution in [0.1, 0.15) is 26.3 Å². The summed E-state index contributed by atoms with van der Waals surface area (Å²) >= 11 is 0. The van der Waals surface area contributed by atoms with Crippen LogP contribution in [0.4, 0.5) is 16.3 Å². The van der Waals surface area contributed by atoms with Gasteiger partial charge in [-0.25, -0.2) is 14.8 Å². The zero-order valence-corrected chi connectivity index (χ0v) is 22.0. The third-order valence-electron chi connectivity index (χ3n) is 6.34. The number of aromatic nitrogens is 3. The average molecular weight is 512 g/mol. The van der Waals surface area contributed by atoms with Crippen LogP contribution in [0.25, 0.3) is 33.4 Å². The molecule has 2 amide bonds. The molecule has 1 aliphatic rings. The highest BCUT2D eigenvalue weighted by Crippen LogP contribution is 2.47. The molecule has 0 atom stereocenters. The summed E-state index contributed by atoms with van der Waals surface area (Å²) in [5, 5.41) is 3.53. The topological polar surface area (TPSA) is 98.6 Å². The Bertz CT molecular complexity index is 1580. The predicted octanol–water partition coefficient (Wildman–Crippen LogP) is 5.69. The summed E-state index contributed by atoms with van der Waals surface area (Å²) in [7, 11) is 3.55. The summed E-state index contributed by atoms with van der Waals surface area (Å²) in [5.41, 5.74) is 5.21. The van der Waals surface area contributed by atoms with Crippen molar-refractivity contribution in [1.82, 2.24) is 14.5 Å². The van der Waals surface area contributed by atoms with Gasteiger partial charge in [0.15, 0.2) is 5.82 Å². The lowest BCUT2D eigenvalue weighted by Crippen LogP contribution is -2.37. The minimum absolute atomic E-state index is 0.248. The smallest absolute Gasteiger partial charge is 0.416 e. The molecule has 0 saturated heterocycles. The van der Waals surface area contributed by atoms with E-state index in [0.29, 0.717) is 22.9 Å². The van der Waals surface area contributed by atoms with Gasteiger partial charge in [-0.2, -0.15) is 0 Å². The molecule has 194 valence electrons. The van der Waals surface area contributed by atoms with Crippen LogP contribution in [-0.4, -0.2) is 39.2 Å². The fourth-order valence-electron chi connectivity index (χ4n) is 4.73. The highest BCUT2D eigenvalue weighted by molar-refractivity contribution is 6.12. The van der Waals surface area contributed by atoms with E-state index in [1.165, 1.54) is 12.4 Å². The lowest BCUT2D eigenvalue weighted by molar-refractivity contribution is -0.111. The van der Waals surface area contributed by atoms with E-state index in [-0.39, 0.29) is 12.5 Å². The van der Waals surface area contributed by atoms with Gasteiger partial charge in [0.05, 0.1) is 24.7 Å². The fourth-order valence-corrected chi connectivity index (χ4v) is 4.73. The van der Waals surface area contributed by atoms with Crippen LogP contribution >= 0.6 is 0 Å². The molecule has 0 fully saturated rings. The summed E-state index contributed by atoms with van der Waals surface area (Å²) in [6.07, 6.45) is 2.20. The van der Waals surface area contributed by atoms with Gasteiger partial charge < -0.3 is 19.4 Å². The molecular weight excluding hydrogens is 482 g/mol. The van der Waals surface area contributed by atoms with Crippen molar-refractivity contribution < 1.29 is 19.1 Å². The van der Waals surface area contributed by atoms with Crippen molar-refractivity contribution in [2.45, 2.75) is 32.9 Å². The first kappa shape index (κ1) is 25.0. The van der Waals surface area contributed by atoms with Gasteiger partial charge in [0.1, 0.15) is 23.3 Å². The highest BCUT2D eigenvalue weighted by Gasteiger charge is 2.34. The van der Waals surface area contributed by atoms with Crippen LogP contribution in [-0.2, 0) is 23.1 Å². The van der Waals surface area contributed by atoms with Crippen molar-refractivity contribution in [2.24, 2.45) is 7.05 Å². The minimum Gasteiger partial charge on any atom is -0.497 e. The average Bonchev–Trinajstić information content (AvgIpc) is 3.09. The Labute approximate surface area is 220 Å². The second-order valence-electron chi connectivity index (χ2n) is 10.0. The van der Waals surface area contributed by atoms with Crippen molar-refractivity contribution >= 4 is 34.5 Å². The van der Waals surface area contributed by atoms with Gasteiger partial charge in [0.2, 0.25) is 5.91 Å². The van der Waals surface area contributed by atoms with Crippen LogP contribution in [0.5, 0.6) is 5.75 Å². The standard InChI is InChI=1S/C29H29N5O4/c1-7-22(35)32-19-10-8-17(9-11-19)25-23-21-13-12-20(37-6)14-18(21)15-34(28(36)38-29(2,3)4)27-24(23)26(33(25)5)30-16-31-27/h7-14,16H,1,15H2,2-6H3,(H,32,35). The number of aryl methyl sites for hydroxylation is 1. The van der Waals surface area contributed by atoms with E-state index in [1.807, 2.05) is 74.9 Å². The molecule has 2 aromatic heterocycles. The molecule has 2 aromatic carbocycles. The second-order valence-corrected chi connectivity index (χ2v) is 10.0. The zero-order chi connectivity index (χ0) is 27.2. The van der Waals surface area contributed by atoms with Crippen LogP contribution < -0.4 is 15.0 Å². The van der Waals surface area contributed by atoms with Crippen LogP contribution in [0.2, 0.25) is 0 Å². The number of hydrogen-bond donors (Lipinski definition) is 1. The lowest BCUT2D eigenvalue weighted by atomic mass is 9.95. The molecule has 0 radical (unpaired) electrons. The van der Waals surface area contributed by atoms with Crippen molar-refractivity contribution in [3.05, 3.63) is 67.0 Å². The number of carbonyl (C=O) groups is 2. The van der Waals surface area contributed by atoms with Crippen molar-refractivity contribution in [3.8, 4) is 28.1 Å².